The monoisotopic (exact) mass is 345 g/mol. The molecule has 0 bridgehead atoms. The highest BCUT2D eigenvalue weighted by Gasteiger charge is 2.19. The number of benzene rings is 1. The van der Waals surface area contributed by atoms with E-state index in [0.29, 0.717) is 11.7 Å². The maximum absolute atomic E-state index is 9.27. The lowest BCUT2D eigenvalue weighted by atomic mass is 10.1. The first-order valence-corrected chi connectivity index (χ1v) is 9.07. The van der Waals surface area contributed by atoms with E-state index in [1.165, 1.54) is 5.56 Å². The Balaban J connectivity index is 1.40. The van der Waals surface area contributed by atoms with Gasteiger partial charge in [-0.05, 0) is 30.5 Å². The predicted octanol–water partition coefficient (Wildman–Crippen LogP) is 1.92. The summed E-state index contributed by atoms with van der Waals surface area (Å²) < 4.78 is 0. The van der Waals surface area contributed by atoms with Gasteiger partial charge in [0, 0.05) is 44.3 Å². The molecule has 0 aliphatic carbocycles. The average Bonchev–Trinajstić information content (AvgIpc) is 3.15. The van der Waals surface area contributed by atoms with Crippen LogP contribution in [0, 0.1) is 0 Å². The van der Waals surface area contributed by atoms with Crippen molar-refractivity contribution in [3.8, 4) is 5.75 Å². The Hall–Kier alpha value is -2.28. The van der Waals surface area contributed by atoms with Crippen molar-refractivity contribution >= 4 is 22.4 Å². The number of rotatable bonds is 5. The lowest BCUT2D eigenvalue weighted by Crippen LogP contribution is -2.51. The van der Waals surface area contributed by atoms with Crippen molar-refractivity contribution in [3.05, 3.63) is 41.4 Å². The van der Waals surface area contributed by atoms with Gasteiger partial charge in [0.2, 0.25) is 0 Å². The van der Waals surface area contributed by atoms with Gasteiger partial charge in [-0.15, -0.1) is 11.3 Å². The van der Waals surface area contributed by atoms with Crippen molar-refractivity contribution in [2.45, 2.75) is 12.8 Å². The normalized spacial score (nSPS) is 15.8. The fourth-order valence-corrected chi connectivity index (χ4v) is 3.44. The molecular formula is C17H23N5OS. The summed E-state index contributed by atoms with van der Waals surface area (Å²) in [7, 11) is 0. The van der Waals surface area contributed by atoms with Gasteiger partial charge in [-0.3, -0.25) is 4.99 Å². The minimum atomic E-state index is 0.304. The van der Waals surface area contributed by atoms with Crippen LogP contribution in [0.3, 0.4) is 0 Å². The fraction of sp³-hybridized carbons (Fsp3) is 0.412. The highest BCUT2D eigenvalue weighted by atomic mass is 32.1. The zero-order valence-corrected chi connectivity index (χ0v) is 14.5. The third kappa shape index (κ3) is 4.38. The lowest BCUT2D eigenvalue weighted by Gasteiger charge is -2.35. The number of anilines is 1. The molecule has 6 nitrogen and oxygen atoms in total. The van der Waals surface area contributed by atoms with Crippen molar-refractivity contribution in [1.29, 1.82) is 0 Å². The van der Waals surface area contributed by atoms with E-state index in [-0.39, 0.29) is 0 Å². The smallest absolute Gasteiger partial charge is 0.191 e. The molecule has 24 heavy (non-hydrogen) atoms. The number of phenolic OH excluding ortho intramolecular Hbond substituents is 1. The van der Waals surface area contributed by atoms with E-state index in [2.05, 4.69) is 19.8 Å². The van der Waals surface area contributed by atoms with Crippen molar-refractivity contribution in [1.82, 2.24) is 9.88 Å². The fourth-order valence-electron chi connectivity index (χ4n) is 2.74. The summed E-state index contributed by atoms with van der Waals surface area (Å²) in [5.41, 5.74) is 7.33. The number of nitrogens with zero attached hydrogens (tertiary/aromatic N) is 4. The number of hydrogen-bond acceptors (Lipinski definition) is 5. The van der Waals surface area contributed by atoms with E-state index in [0.717, 1.165) is 50.7 Å². The highest BCUT2D eigenvalue weighted by molar-refractivity contribution is 7.13. The number of thiazole rings is 1. The molecule has 0 amide bonds. The molecule has 0 unspecified atom stereocenters. The number of nitrogens with two attached hydrogens (primary N) is 1. The molecule has 3 rings (SSSR count). The van der Waals surface area contributed by atoms with Crippen LogP contribution in [0.2, 0.25) is 0 Å². The third-order valence-corrected chi connectivity index (χ3v) is 4.96. The van der Waals surface area contributed by atoms with Crippen LogP contribution in [0.4, 0.5) is 5.13 Å². The molecule has 1 aromatic carbocycles. The number of aromatic nitrogens is 1. The van der Waals surface area contributed by atoms with Gasteiger partial charge in [-0.2, -0.15) is 0 Å². The summed E-state index contributed by atoms with van der Waals surface area (Å²) in [6.45, 7) is 4.34. The van der Waals surface area contributed by atoms with Crippen LogP contribution >= 0.6 is 11.3 Å². The highest BCUT2D eigenvalue weighted by Crippen LogP contribution is 2.18. The maximum Gasteiger partial charge on any atom is 0.191 e. The summed E-state index contributed by atoms with van der Waals surface area (Å²) in [6.07, 6.45) is 3.73. The first kappa shape index (κ1) is 16.6. The Labute approximate surface area is 146 Å². The van der Waals surface area contributed by atoms with Gasteiger partial charge in [-0.25, -0.2) is 4.98 Å². The van der Waals surface area contributed by atoms with Crippen LogP contribution < -0.4 is 10.6 Å². The summed E-state index contributed by atoms with van der Waals surface area (Å²) in [4.78, 5) is 13.3. The lowest BCUT2D eigenvalue weighted by molar-refractivity contribution is 0.380. The second-order valence-electron chi connectivity index (χ2n) is 5.80. The van der Waals surface area contributed by atoms with E-state index in [1.807, 2.05) is 23.7 Å². The Bertz CT molecular complexity index is 648. The number of aliphatic imine (C=N–C) groups is 1. The van der Waals surface area contributed by atoms with Crippen LogP contribution in [0.1, 0.15) is 12.0 Å². The third-order valence-electron chi connectivity index (χ3n) is 4.13. The summed E-state index contributed by atoms with van der Waals surface area (Å²) >= 11 is 1.67. The Morgan fingerprint density at radius 3 is 2.62 bits per heavy atom. The van der Waals surface area contributed by atoms with Crippen LogP contribution in [0.15, 0.2) is 40.8 Å². The van der Waals surface area contributed by atoms with Crippen molar-refractivity contribution < 1.29 is 5.11 Å². The minimum Gasteiger partial charge on any atom is -0.508 e. The second kappa shape index (κ2) is 8.01. The zero-order valence-electron chi connectivity index (χ0n) is 13.6. The first-order chi connectivity index (χ1) is 11.7. The number of aryl methyl sites for hydroxylation is 1. The molecule has 2 heterocycles. The van der Waals surface area contributed by atoms with Crippen molar-refractivity contribution in [2.75, 3.05) is 37.6 Å². The Kier molecular flexibility index (Phi) is 5.53. The molecule has 7 heteroatoms. The van der Waals surface area contributed by atoms with Crippen molar-refractivity contribution in [3.63, 3.8) is 0 Å². The van der Waals surface area contributed by atoms with Crippen molar-refractivity contribution in [2.24, 2.45) is 10.7 Å². The summed E-state index contributed by atoms with van der Waals surface area (Å²) in [5, 5.41) is 12.4. The van der Waals surface area contributed by atoms with Gasteiger partial charge >= 0.3 is 0 Å². The second-order valence-corrected chi connectivity index (χ2v) is 6.67. The summed E-state index contributed by atoms with van der Waals surface area (Å²) in [5.74, 6) is 0.942. The standard InChI is InChI=1S/C17H23N5OS/c18-16(19-7-1-2-14-3-5-15(23)6-4-14)21-9-11-22(12-10-21)17-20-8-13-24-17/h3-6,8,13,23H,1-2,7,9-12H2,(H2,18,19). The molecule has 1 aliphatic heterocycles. The molecule has 2 aromatic rings. The quantitative estimate of drug-likeness (QED) is 0.492. The zero-order chi connectivity index (χ0) is 16.8. The molecule has 0 radical (unpaired) electrons. The molecule has 1 fully saturated rings. The average molecular weight is 345 g/mol. The van der Waals surface area contributed by atoms with Gasteiger partial charge in [0.25, 0.3) is 0 Å². The molecule has 0 saturated carbocycles. The molecule has 1 aromatic heterocycles. The summed E-state index contributed by atoms with van der Waals surface area (Å²) in [6, 6.07) is 7.32. The van der Waals surface area contributed by atoms with Gasteiger partial charge < -0.3 is 20.6 Å². The number of hydrogen-bond donors (Lipinski definition) is 2. The maximum atomic E-state index is 9.27. The number of aromatic hydroxyl groups is 1. The molecule has 0 atom stereocenters. The number of guanidine groups is 1. The van der Waals surface area contributed by atoms with Gasteiger partial charge in [-0.1, -0.05) is 12.1 Å². The van der Waals surface area contributed by atoms with Crippen LogP contribution in [-0.2, 0) is 6.42 Å². The van der Waals surface area contributed by atoms with Crippen LogP contribution in [0.5, 0.6) is 5.75 Å². The number of piperazine rings is 1. The topological polar surface area (TPSA) is 78.0 Å². The largest absolute Gasteiger partial charge is 0.508 e. The molecule has 1 aliphatic rings. The van der Waals surface area contributed by atoms with E-state index in [4.69, 9.17) is 5.73 Å². The predicted molar refractivity (Wildman–Crippen MR) is 98.8 cm³/mol. The van der Waals surface area contributed by atoms with E-state index >= 15 is 0 Å². The minimum absolute atomic E-state index is 0.304. The SMILES string of the molecule is NC(=NCCCc1ccc(O)cc1)N1CCN(c2nccs2)CC1. The molecule has 128 valence electrons. The molecular weight excluding hydrogens is 322 g/mol. The Morgan fingerprint density at radius 2 is 1.96 bits per heavy atom. The molecule has 0 spiro atoms. The van der Waals surface area contributed by atoms with E-state index in [1.54, 1.807) is 23.5 Å². The van der Waals surface area contributed by atoms with Gasteiger partial charge in [0.05, 0.1) is 0 Å². The van der Waals surface area contributed by atoms with Gasteiger partial charge in [0.15, 0.2) is 11.1 Å². The van der Waals surface area contributed by atoms with E-state index in [9.17, 15) is 5.11 Å². The van der Waals surface area contributed by atoms with E-state index < -0.39 is 0 Å². The van der Waals surface area contributed by atoms with Crippen LogP contribution in [0.25, 0.3) is 0 Å². The van der Waals surface area contributed by atoms with Crippen LogP contribution in [-0.4, -0.2) is 53.7 Å². The van der Waals surface area contributed by atoms with Gasteiger partial charge in [0.1, 0.15) is 5.75 Å². The Morgan fingerprint density at radius 1 is 1.21 bits per heavy atom. The molecule has 3 N–H and O–H groups in total. The first-order valence-electron chi connectivity index (χ1n) is 8.19. The number of phenols is 1. The molecule has 1 saturated heterocycles.